The van der Waals surface area contributed by atoms with E-state index in [0.717, 1.165) is 23.7 Å². The van der Waals surface area contributed by atoms with E-state index in [4.69, 9.17) is 0 Å². The Labute approximate surface area is 135 Å². The first-order valence-electron chi connectivity index (χ1n) is 6.04. The number of hydrogen-bond acceptors (Lipinski definition) is 3. The second-order valence-electron chi connectivity index (χ2n) is 4.55. The summed E-state index contributed by atoms with van der Waals surface area (Å²) >= 11 is 0. The van der Waals surface area contributed by atoms with E-state index in [9.17, 15) is 53.1 Å². The van der Waals surface area contributed by atoms with Crippen LogP contribution in [0.15, 0.2) is 22.8 Å². The van der Waals surface area contributed by atoms with Crippen molar-refractivity contribution in [1.29, 1.82) is 0 Å². The van der Waals surface area contributed by atoms with E-state index in [2.05, 4.69) is 9.15 Å². The maximum Gasteiger partial charge on any atom is 0.462 e. The Morgan fingerprint density at radius 2 is 1.50 bits per heavy atom. The van der Waals surface area contributed by atoms with Crippen LogP contribution in [0.3, 0.4) is 0 Å². The van der Waals surface area contributed by atoms with Crippen molar-refractivity contribution in [2.45, 2.75) is 36.8 Å². The molecule has 26 heavy (non-hydrogen) atoms. The molecule has 1 amide bonds. The third-order valence-corrected chi connectivity index (χ3v) is 2.65. The minimum Gasteiger partial charge on any atom is -0.467 e. The van der Waals surface area contributed by atoms with Crippen molar-refractivity contribution < 1.29 is 62.2 Å². The lowest BCUT2D eigenvalue weighted by molar-refractivity contribution is -0.473. The molecule has 150 valence electrons. The number of nitrogens with one attached hydrogen (secondary N) is 1. The molecule has 0 aromatic carbocycles. The number of rotatable bonds is 6. The van der Waals surface area contributed by atoms with Gasteiger partial charge in [-0.2, -0.15) is 48.3 Å². The summed E-state index contributed by atoms with van der Waals surface area (Å²) in [7, 11) is 0. The highest BCUT2D eigenvalue weighted by Gasteiger charge is 2.79. The lowest BCUT2D eigenvalue weighted by Crippen LogP contribution is -2.63. The summed E-state index contributed by atoms with van der Waals surface area (Å²) in [6, 6.07) is 2.18. The van der Waals surface area contributed by atoms with Crippen molar-refractivity contribution >= 4 is 5.91 Å². The third-order valence-electron chi connectivity index (χ3n) is 2.65. The summed E-state index contributed by atoms with van der Waals surface area (Å²) in [6.07, 6.45) is -20.0. The van der Waals surface area contributed by atoms with E-state index in [1.807, 2.05) is 0 Å². The molecule has 1 atom stereocenters. The van der Waals surface area contributed by atoms with Gasteiger partial charge in [0, 0.05) is 0 Å². The molecule has 0 bridgehead atoms. The molecule has 0 unspecified atom stereocenters. The monoisotopic (exact) mass is 409 g/mol. The first-order chi connectivity index (χ1) is 11.5. The number of halogens is 11. The number of amides is 1. The van der Waals surface area contributed by atoms with Crippen LogP contribution in [0.5, 0.6) is 0 Å². The SMILES string of the molecule is O=C(NCc1ccco1)[C@@](F)(OC(F)(F)C(F)(F)C(F)(F)F)C(F)(F)F. The summed E-state index contributed by atoms with van der Waals surface area (Å²) in [5.41, 5.74) is 0. The third kappa shape index (κ3) is 4.02. The van der Waals surface area contributed by atoms with E-state index in [1.54, 1.807) is 0 Å². The van der Waals surface area contributed by atoms with Crippen molar-refractivity contribution in [3.8, 4) is 0 Å². The minimum atomic E-state index is -7.23. The van der Waals surface area contributed by atoms with Gasteiger partial charge in [0.2, 0.25) is 0 Å². The predicted octanol–water partition coefficient (Wildman–Crippen LogP) is 3.93. The second kappa shape index (κ2) is 6.59. The molecule has 0 aliphatic rings. The lowest BCUT2D eigenvalue weighted by atomic mass is 10.2. The molecule has 1 aromatic rings. The first-order valence-corrected chi connectivity index (χ1v) is 6.04. The molecule has 4 nitrogen and oxygen atoms in total. The van der Waals surface area contributed by atoms with Gasteiger partial charge in [0.1, 0.15) is 5.76 Å². The van der Waals surface area contributed by atoms with Crippen molar-refractivity contribution in [1.82, 2.24) is 5.32 Å². The van der Waals surface area contributed by atoms with Crippen molar-refractivity contribution in [3.63, 3.8) is 0 Å². The molecule has 0 aliphatic heterocycles. The number of hydrogen-bond donors (Lipinski definition) is 1. The Kier molecular flexibility index (Phi) is 5.57. The quantitative estimate of drug-likeness (QED) is 0.725. The molecule has 0 aliphatic carbocycles. The maximum absolute atomic E-state index is 13.8. The summed E-state index contributed by atoms with van der Waals surface area (Å²) < 4.78 is 145. The average Bonchev–Trinajstić information content (AvgIpc) is 2.94. The second-order valence-corrected chi connectivity index (χ2v) is 4.55. The lowest BCUT2D eigenvalue weighted by Gasteiger charge is -2.34. The zero-order valence-electron chi connectivity index (χ0n) is 11.8. The molecule has 1 N–H and O–H groups in total. The summed E-state index contributed by atoms with van der Waals surface area (Å²) in [4.78, 5) is 11.2. The molecule has 0 saturated heterocycles. The number of alkyl halides is 11. The van der Waals surface area contributed by atoms with Crippen LogP contribution in [0.4, 0.5) is 48.3 Å². The molecule has 1 rings (SSSR count). The molecule has 0 radical (unpaired) electrons. The Morgan fingerprint density at radius 3 is 1.88 bits per heavy atom. The average molecular weight is 409 g/mol. The predicted molar refractivity (Wildman–Crippen MR) is 57.5 cm³/mol. The molecule has 15 heteroatoms. The molecule has 0 spiro atoms. The van der Waals surface area contributed by atoms with E-state index in [0.29, 0.717) is 0 Å². The molecule has 1 heterocycles. The largest absolute Gasteiger partial charge is 0.467 e. The van der Waals surface area contributed by atoms with E-state index in [-0.39, 0.29) is 5.76 Å². The summed E-state index contributed by atoms with van der Waals surface area (Å²) in [6.45, 7) is -1.04. The first kappa shape index (κ1) is 22.0. The van der Waals surface area contributed by atoms with Gasteiger partial charge in [-0.1, -0.05) is 0 Å². The van der Waals surface area contributed by atoms with Crippen LogP contribution in [0.2, 0.25) is 0 Å². The van der Waals surface area contributed by atoms with Gasteiger partial charge in [-0.25, -0.2) is 0 Å². The normalized spacial score (nSPS) is 16.3. The molecular weight excluding hydrogens is 403 g/mol. The fourth-order valence-corrected chi connectivity index (χ4v) is 1.33. The highest BCUT2D eigenvalue weighted by Crippen LogP contribution is 2.50. The van der Waals surface area contributed by atoms with Gasteiger partial charge in [0.05, 0.1) is 12.8 Å². The van der Waals surface area contributed by atoms with Crippen LogP contribution in [-0.4, -0.2) is 36.1 Å². The Balaban J connectivity index is 3.14. The van der Waals surface area contributed by atoms with Gasteiger partial charge < -0.3 is 9.73 Å². The van der Waals surface area contributed by atoms with Gasteiger partial charge in [0.15, 0.2) is 0 Å². The Hall–Kier alpha value is -2.06. The number of ether oxygens (including phenoxy) is 1. The van der Waals surface area contributed by atoms with Crippen molar-refractivity contribution in [2.24, 2.45) is 0 Å². The van der Waals surface area contributed by atoms with Crippen LogP contribution in [0, 0.1) is 0 Å². The van der Waals surface area contributed by atoms with Gasteiger partial charge >= 0.3 is 30.2 Å². The topological polar surface area (TPSA) is 51.5 Å². The highest BCUT2D eigenvalue weighted by atomic mass is 19.4. The van der Waals surface area contributed by atoms with E-state index in [1.165, 1.54) is 0 Å². The smallest absolute Gasteiger partial charge is 0.462 e. The number of carbonyl (C=O) groups excluding carboxylic acids is 1. The maximum atomic E-state index is 13.8. The van der Waals surface area contributed by atoms with Crippen LogP contribution in [0.25, 0.3) is 0 Å². The van der Waals surface area contributed by atoms with Crippen LogP contribution >= 0.6 is 0 Å². The van der Waals surface area contributed by atoms with Crippen LogP contribution in [0.1, 0.15) is 5.76 Å². The molecular formula is C11H6F11NO3. The molecule has 1 aromatic heterocycles. The van der Waals surface area contributed by atoms with Crippen molar-refractivity contribution in [3.05, 3.63) is 24.2 Å². The Bertz CT molecular complexity index is 622. The van der Waals surface area contributed by atoms with Gasteiger partial charge in [-0.3, -0.25) is 9.53 Å². The minimum absolute atomic E-state index is 0.324. The summed E-state index contributed by atoms with van der Waals surface area (Å²) in [5, 5.41) is 1.03. The Morgan fingerprint density at radius 1 is 0.962 bits per heavy atom. The van der Waals surface area contributed by atoms with E-state index < -0.39 is 42.7 Å². The summed E-state index contributed by atoms with van der Waals surface area (Å²) in [5.74, 6) is -16.9. The number of carbonyl (C=O) groups is 1. The molecule has 0 fully saturated rings. The highest BCUT2D eigenvalue weighted by molar-refractivity contribution is 5.84. The zero-order chi connectivity index (χ0) is 20.6. The van der Waals surface area contributed by atoms with E-state index >= 15 is 0 Å². The zero-order valence-corrected chi connectivity index (χ0v) is 11.8. The fraction of sp³-hybridized carbons (Fsp3) is 0.545. The van der Waals surface area contributed by atoms with Crippen molar-refractivity contribution in [2.75, 3.05) is 0 Å². The van der Waals surface area contributed by atoms with Gasteiger partial charge in [-0.15, -0.1) is 0 Å². The van der Waals surface area contributed by atoms with Crippen LogP contribution < -0.4 is 5.32 Å². The van der Waals surface area contributed by atoms with Crippen LogP contribution in [-0.2, 0) is 16.1 Å². The fourth-order valence-electron chi connectivity index (χ4n) is 1.33. The molecule has 0 saturated carbocycles. The van der Waals surface area contributed by atoms with Gasteiger partial charge in [-0.05, 0) is 12.1 Å². The van der Waals surface area contributed by atoms with Gasteiger partial charge in [0.25, 0.3) is 5.91 Å². The number of furan rings is 1. The standard InChI is InChI=1S/C11H6F11NO3/c12-7(9(15,16)17,6(24)23-4-5-2-1-3-25-5)26-11(21,22)8(13,14)10(18,19)20/h1-3H,4H2,(H,23,24)/t7-/m1/s1.